The summed E-state index contributed by atoms with van der Waals surface area (Å²) in [5.74, 6) is -0.896. The predicted octanol–water partition coefficient (Wildman–Crippen LogP) is 1.44. The van der Waals surface area contributed by atoms with Gasteiger partial charge < -0.3 is 10.2 Å². The van der Waals surface area contributed by atoms with E-state index < -0.39 is 26.7 Å². The van der Waals surface area contributed by atoms with Crippen molar-refractivity contribution >= 4 is 21.4 Å². The van der Waals surface area contributed by atoms with Crippen molar-refractivity contribution in [3.05, 3.63) is 29.8 Å². The molecule has 0 aliphatic carbocycles. The lowest BCUT2D eigenvalue weighted by Gasteiger charge is -2.28. The number of rotatable bonds is 4. The summed E-state index contributed by atoms with van der Waals surface area (Å²) < 4.78 is 24.5. The molecule has 0 unspecified atom stereocenters. The number of aryl methyl sites for hydroxylation is 1. The Kier molecular flexibility index (Phi) is 5.00. The molecule has 1 saturated heterocycles. The third-order valence-corrected chi connectivity index (χ3v) is 5.99. The van der Waals surface area contributed by atoms with Gasteiger partial charge in [-0.15, -0.1) is 0 Å². The largest absolute Gasteiger partial charge is 0.325 e. The molecule has 1 amide bonds. The third-order valence-electron chi connectivity index (χ3n) is 3.84. The zero-order chi connectivity index (χ0) is 15.5. The first kappa shape index (κ1) is 16.0. The Morgan fingerprint density at radius 2 is 1.81 bits per heavy atom. The van der Waals surface area contributed by atoms with Crippen LogP contribution in [0.1, 0.15) is 18.4 Å². The van der Waals surface area contributed by atoms with Gasteiger partial charge in [0.15, 0.2) is 9.84 Å². The van der Waals surface area contributed by atoms with Gasteiger partial charge in [-0.3, -0.25) is 4.79 Å². The quantitative estimate of drug-likeness (QED) is 0.914. The molecule has 6 heteroatoms. The second-order valence-corrected chi connectivity index (χ2v) is 8.01. The Morgan fingerprint density at radius 3 is 2.38 bits per heavy atom. The zero-order valence-electron chi connectivity index (χ0n) is 12.5. The molecule has 0 bridgehead atoms. The topological polar surface area (TPSA) is 66.5 Å². The van der Waals surface area contributed by atoms with Gasteiger partial charge in [-0.1, -0.05) is 17.7 Å². The molecule has 0 spiro atoms. The maximum absolute atomic E-state index is 12.3. The number of carbonyl (C=O) groups is 1. The minimum atomic E-state index is -3.37. The summed E-state index contributed by atoms with van der Waals surface area (Å²) in [6.45, 7) is 3.49. The van der Waals surface area contributed by atoms with Gasteiger partial charge in [0.25, 0.3) is 0 Å². The molecule has 116 valence electrons. The van der Waals surface area contributed by atoms with Crippen molar-refractivity contribution in [2.45, 2.75) is 25.0 Å². The van der Waals surface area contributed by atoms with Crippen molar-refractivity contribution in [2.75, 3.05) is 31.2 Å². The zero-order valence-corrected chi connectivity index (χ0v) is 13.3. The number of hydrogen-bond donors (Lipinski definition) is 1. The molecule has 0 radical (unpaired) electrons. The molecule has 1 N–H and O–H groups in total. The second kappa shape index (κ2) is 6.58. The average molecular weight is 310 g/mol. The number of nitrogens with one attached hydrogen (secondary N) is 1. The van der Waals surface area contributed by atoms with Crippen LogP contribution >= 0.6 is 0 Å². The first-order valence-electron chi connectivity index (χ1n) is 7.13. The molecule has 1 fully saturated rings. The molecular formula is C15H22N2O3S. The first-order chi connectivity index (χ1) is 9.87. The maximum atomic E-state index is 12.3. The van der Waals surface area contributed by atoms with E-state index in [2.05, 4.69) is 10.2 Å². The number of carbonyl (C=O) groups excluding carboxylic acids is 1. The van der Waals surface area contributed by atoms with Gasteiger partial charge in [-0.05, 0) is 52.0 Å². The molecule has 0 saturated carbocycles. The number of nitrogens with zero attached hydrogens (tertiary/aromatic N) is 1. The van der Waals surface area contributed by atoms with Gasteiger partial charge in [0.1, 0.15) is 5.75 Å². The van der Waals surface area contributed by atoms with Gasteiger partial charge in [-0.2, -0.15) is 0 Å². The van der Waals surface area contributed by atoms with Crippen LogP contribution in [0.4, 0.5) is 5.69 Å². The third kappa shape index (κ3) is 4.54. The lowest BCUT2D eigenvalue weighted by Crippen LogP contribution is -2.39. The van der Waals surface area contributed by atoms with Crippen LogP contribution in [0.25, 0.3) is 0 Å². The van der Waals surface area contributed by atoms with Crippen molar-refractivity contribution < 1.29 is 13.2 Å². The fourth-order valence-electron chi connectivity index (χ4n) is 2.48. The van der Waals surface area contributed by atoms with Crippen LogP contribution in [0.2, 0.25) is 0 Å². The van der Waals surface area contributed by atoms with Crippen LogP contribution < -0.4 is 5.32 Å². The van der Waals surface area contributed by atoms with Crippen molar-refractivity contribution in [3.63, 3.8) is 0 Å². The number of anilines is 1. The fraction of sp³-hybridized carbons (Fsp3) is 0.533. The van der Waals surface area contributed by atoms with Gasteiger partial charge in [0, 0.05) is 5.69 Å². The Morgan fingerprint density at radius 1 is 1.24 bits per heavy atom. The number of hydrogen-bond acceptors (Lipinski definition) is 4. The standard InChI is InChI=1S/C15H22N2O3S/c1-12-3-5-13(6-4-12)16-15(18)11-21(19,20)14-7-9-17(2)10-8-14/h3-6,14H,7-11H2,1-2H3,(H,16,18). The number of sulfone groups is 1. The highest BCUT2D eigenvalue weighted by Gasteiger charge is 2.30. The average Bonchev–Trinajstić information content (AvgIpc) is 2.41. The molecule has 2 rings (SSSR count). The molecule has 21 heavy (non-hydrogen) atoms. The summed E-state index contributed by atoms with van der Waals surface area (Å²) in [4.78, 5) is 14.0. The number of benzene rings is 1. The summed E-state index contributed by atoms with van der Waals surface area (Å²) in [7, 11) is -1.39. The fourth-order valence-corrected chi connectivity index (χ4v) is 4.08. The van der Waals surface area contributed by atoms with Crippen LogP contribution in [-0.4, -0.2) is 50.4 Å². The summed E-state index contributed by atoms with van der Waals surface area (Å²) in [6, 6.07) is 7.30. The van der Waals surface area contributed by atoms with E-state index in [9.17, 15) is 13.2 Å². The van der Waals surface area contributed by atoms with Gasteiger partial charge in [0.2, 0.25) is 5.91 Å². The lowest BCUT2D eigenvalue weighted by molar-refractivity contribution is -0.113. The summed E-state index contributed by atoms with van der Waals surface area (Å²) in [5, 5.41) is 2.25. The lowest BCUT2D eigenvalue weighted by atomic mass is 10.1. The molecule has 1 aliphatic heterocycles. The maximum Gasteiger partial charge on any atom is 0.239 e. The van der Waals surface area contributed by atoms with E-state index in [0.29, 0.717) is 18.5 Å². The first-order valence-corrected chi connectivity index (χ1v) is 8.85. The molecule has 1 heterocycles. The molecule has 5 nitrogen and oxygen atoms in total. The van der Waals surface area contributed by atoms with Gasteiger partial charge in [0.05, 0.1) is 5.25 Å². The highest BCUT2D eigenvalue weighted by Crippen LogP contribution is 2.18. The van der Waals surface area contributed by atoms with Crippen LogP contribution in [0.5, 0.6) is 0 Å². The molecule has 1 aromatic rings. The summed E-state index contributed by atoms with van der Waals surface area (Å²) in [5.41, 5.74) is 1.72. The van der Waals surface area contributed by atoms with E-state index in [1.807, 2.05) is 26.1 Å². The van der Waals surface area contributed by atoms with E-state index in [1.54, 1.807) is 12.1 Å². The molecular weight excluding hydrogens is 288 g/mol. The van der Waals surface area contributed by atoms with Gasteiger partial charge >= 0.3 is 0 Å². The molecule has 1 aliphatic rings. The Hall–Kier alpha value is -1.40. The van der Waals surface area contributed by atoms with E-state index in [0.717, 1.165) is 18.7 Å². The second-order valence-electron chi connectivity index (χ2n) is 5.72. The SMILES string of the molecule is Cc1ccc(NC(=O)CS(=O)(=O)C2CCN(C)CC2)cc1. The van der Waals surface area contributed by atoms with E-state index in [1.165, 1.54) is 0 Å². The normalized spacial score (nSPS) is 17.6. The van der Waals surface area contributed by atoms with Crippen molar-refractivity contribution in [3.8, 4) is 0 Å². The summed E-state index contributed by atoms with van der Waals surface area (Å²) in [6.07, 6.45) is 1.22. The highest BCUT2D eigenvalue weighted by atomic mass is 32.2. The number of likely N-dealkylation sites (tertiary alicyclic amines) is 1. The molecule has 0 aromatic heterocycles. The number of piperidine rings is 1. The highest BCUT2D eigenvalue weighted by molar-refractivity contribution is 7.92. The van der Waals surface area contributed by atoms with E-state index >= 15 is 0 Å². The number of amides is 1. The summed E-state index contributed by atoms with van der Waals surface area (Å²) >= 11 is 0. The minimum absolute atomic E-state index is 0.391. The van der Waals surface area contributed by atoms with Gasteiger partial charge in [-0.25, -0.2) is 8.42 Å². The van der Waals surface area contributed by atoms with Crippen LogP contribution in [0.15, 0.2) is 24.3 Å². The van der Waals surface area contributed by atoms with E-state index in [-0.39, 0.29) is 0 Å². The van der Waals surface area contributed by atoms with Crippen LogP contribution in [-0.2, 0) is 14.6 Å². The smallest absolute Gasteiger partial charge is 0.239 e. The van der Waals surface area contributed by atoms with E-state index in [4.69, 9.17) is 0 Å². The Bertz CT molecular complexity index is 588. The minimum Gasteiger partial charge on any atom is -0.325 e. The van der Waals surface area contributed by atoms with Crippen molar-refractivity contribution in [2.24, 2.45) is 0 Å². The Balaban J connectivity index is 1.93. The predicted molar refractivity (Wildman–Crippen MR) is 84.1 cm³/mol. The van der Waals surface area contributed by atoms with Crippen LogP contribution in [0.3, 0.4) is 0 Å². The Labute approximate surface area is 126 Å². The molecule has 0 atom stereocenters. The molecule has 1 aromatic carbocycles. The van der Waals surface area contributed by atoms with Crippen LogP contribution in [0, 0.1) is 6.92 Å². The van der Waals surface area contributed by atoms with Crippen molar-refractivity contribution in [1.82, 2.24) is 4.90 Å². The monoisotopic (exact) mass is 310 g/mol. The van der Waals surface area contributed by atoms with Crippen molar-refractivity contribution in [1.29, 1.82) is 0 Å².